The van der Waals surface area contributed by atoms with Gasteiger partial charge >= 0.3 is 0 Å². The maximum atomic E-state index is 12.0. The standard InChI is InChI=1S/C14H17N3O/c1-10-5-4-6-12(7-10)9-15-14(18)13-8-11(2)16-17(13)3/h4-8H,9H2,1-3H3,(H,15,18). The van der Waals surface area contributed by atoms with Gasteiger partial charge in [-0.1, -0.05) is 29.8 Å². The second-order valence-corrected chi connectivity index (χ2v) is 4.47. The van der Waals surface area contributed by atoms with Gasteiger partial charge in [0.05, 0.1) is 5.69 Å². The minimum Gasteiger partial charge on any atom is -0.347 e. The number of hydrogen-bond donors (Lipinski definition) is 1. The molecule has 0 aliphatic rings. The molecule has 0 bridgehead atoms. The Balaban J connectivity index is 2.03. The number of amides is 1. The highest BCUT2D eigenvalue weighted by molar-refractivity contribution is 5.92. The predicted molar refractivity (Wildman–Crippen MR) is 70.3 cm³/mol. The molecule has 1 heterocycles. The van der Waals surface area contributed by atoms with Gasteiger partial charge in [0.15, 0.2) is 0 Å². The summed E-state index contributed by atoms with van der Waals surface area (Å²) >= 11 is 0. The smallest absolute Gasteiger partial charge is 0.269 e. The fourth-order valence-corrected chi connectivity index (χ4v) is 1.92. The fraction of sp³-hybridized carbons (Fsp3) is 0.286. The van der Waals surface area contributed by atoms with Crippen molar-refractivity contribution in [2.24, 2.45) is 7.05 Å². The van der Waals surface area contributed by atoms with Crippen molar-refractivity contribution < 1.29 is 4.79 Å². The molecule has 1 aromatic carbocycles. The molecule has 1 aromatic heterocycles. The van der Waals surface area contributed by atoms with E-state index in [1.54, 1.807) is 17.8 Å². The summed E-state index contributed by atoms with van der Waals surface area (Å²) in [5.41, 5.74) is 3.72. The van der Waals surface area contributed by atoms with Crippen LogP contribution in [0.1, 0.15) is 27.3 Å². The van der Waals surface area contributed by atoms with E-state index in [0.29, 0.717) is 12.2 Å². The Morgan fingerprint density at radius 1 is 1.33 bits per heavy atom. The summed E-state index contributed by atoms with van der Waals surface area (Å²) in [5.74, 6) is -0.0976. The molecule has 4 nitrogen and oxygen atoms in total. The second-order valence-electron chi connectivity index (χ2n) is 4.47. The van der Waals surface area contributed by atoms with Gasteiger partial charge in [-0.15, -0.1) is 0 Å². The molecule has 4 heteroatoms. The lowest BCUT2D eigenvalue weighted by Gasteiger charge is -2.06. The van der Waals surface area contributed by atoms with E-state index in [1.165, 1.54) is 5.56 Å². The van der Waals surface area contributed by atoms with E-state index < -0.39 is 0 Å². The van der Waals surface area contributed by atoms with E-state index in [1.807, 2.05) is 32.0 Å². The maximum absolute atomic E-state index is 12.0. The molecule has 0 aliphatic heterocycles. The molecule has 0 saturated carbocycles. The molecule has 1 N–H and O–H groups in total. The number of rotatable bonds is 3. The van der Waals surface area contributed by atoms with Gasteiger partial charge in [-0.3, -0.25) is 9.48 Å². The SMILES string of the molecule is Cc1cccc(CNC(=O)c2cc(C)nn2C)c1. The zero-order valence-electron chi connectivity index (χ0n) is 10.9. The van der Waals surface area contributed by atoms with Gasteiger partial charge in [-0.25, -0.2) is 0 Å². The number of benzene rings is 1. The number of nitrogens with zero attached hydrogens (tertiary/aromatic N) is 2. The largest absolute Gasteiger partial charge is 0.347 e. The molecule has 0 atom stereocenters. The number of hydrogen-bond acceptors (Lipinski definition) is 2. The minimum absolute atomic E-state index is 0.0976. The van der Waals surface area contributed by atoms with Gasteiger partial charge in [0, 0.05) is 13.6 Å². The van der Waals surface area contributed by atoms with Crippen LogP contribution >= 0.6 is 0 Å². The Morgan fingerprint density at radius 2 is 2.11 bits per heavy atom. The summed E-state index contributed by atoms with van der Waals surface area (Å²) in [5, 5.41) is 7.05. The van der Waals surface area contributed by atoms with Crippen LogP contribution in [0.4, 0.5) is 0 Å². The van der Waals surface area contributed by atoms with Crippen molar-refractivity contribution in [1.82, 2.24) is 15.1 Å². The number of carbonyl (C=O) groups is 1. The topological polar surface area (TPSA) is 46.9 Å². The molecule has 2 rings (SSSR count). The van der Waals surface area contributed by atoms with E-state index >= 15 is 0 Å². The minimum atomic E-state index is -0.0976. The number of aryl methyl sites for hydroxylation is 3. The van der Waals surface area contributed by atoms with Crippen molar-refractivity contribution in [1.29, 1.82) is 0 Å². The molecule has 0 spiro atoms. The van der Waals surface area contributed by atoms with Crippen LogP contribution in [0.25, 0.3) is 0 Å². The highest BCUT2D eigenvalue weighted by Gasteiger charge is 2.10. The highest BCUT2D eigenvalue weighted by Crippen LogP contribution is 2.05. The Kier molecular flexibility index (Phi) is 3.46. The number of aromatic nitrogens is 2. The zero-order valence-corrected chi connectivity index (χ0v) is 10.9. The second kappa shape index (κ2) is 5.04. The average molecular weight is 243 g/mol. The Morgan fingerprint density at radius 3 is 2.72 bits per heavy atom. The van der Waals surface area contributed by atoms with Crippen LogP contribution in [0.3, 0.4) is 0 Å². The molecule has 0 radical (unpaired) electrons. The summed E-state index contributed by atoms with van der Waals surface area (Å²) < 4.78 is 1.60. The summed E-state index contributed by atoms with van der Waals surface area (Å²) in [4.78, 5) is 12.0. The van der Waals surface area contributed by atoms with Crippen molar-refractivity contribution in [2.45, 2.75) is 20.4 Å². The summed E-state index contributed by atoms with van der Waals surface area (Å²) in [6, 6.07) is 9.88. The van der Waals surface area contributed by atoms with Gasteiger partial charge in [0.25, 0.3) is 5.91 Å². The van der Waals surface area contributed by atoms with Crippen molar-refractivity contribution in [2.75, 3.05) is 0 Å². The third-order valence-corrected chi connectivity index (χ3v) is 2.77. The third-order valence-electron chi connectivity index (χ3n) is 2.77. The van der Waals surface area contributed by atoms with Gasteiger partial charge in [-0.05, 0) is 25.5 Å². The Hall–Kier alpha value is -2.10. The molecule has 1 amide bonds. The molecule has 0 aliphatic carbocycles. The third kappa shape index (κ3) is 2.77. The van der Waals surface area contributed by atoms with Gasteiger partial charge in [-0.2, -0.15) is 5.10 Å². The predicted octanol–water partition coefficient (Wildman–Crippen LogP) is 1.97. The average Bonchev–Trinajstić information content (AvgIpc) is 2.66. The van der Waals surface area contributed by atoms with Crippen LogP contribution in [0, 0.1) is 13.8 Å². The molecular weight excluding hydrogens is 226 g/mol. The lowest BCUT2D eigenvalue weighted by Crippen LogP contribution is -2.25. The quantitative estimate of drug-likeness (QED) is 0.895. The normalized spacial score (nSPS) is 10.4. The van der Waals surface area contributed by atoms with Crippen LogP contribution in [-0.2, 0) is 13.6 Å². The van der Waals surface area contributed by atoms with Crippen LogP contribution < -0.4 is 5.32 Å². The first-order valence-corrected chi connectivity index (χ1v) is 5.90. The molecule has 0 saturated heterocycles. The van der Waals surface area contributed by atoms with Crippen molar-refractivity contribution in [3.05, 3.63) is 52.8 Å². The highest BCUT2D eigenvalue weighted by atomic mass is 16.2. The van der Waals surface area contributed by atoms with Gasteiger partial charge in [0.1, 0.15) is 5.69 Å². The van der Waals surface area contributed by atoms with E-state index in [2.05, 4.69) is 16.5 Å². The first-order chi connectivity index (χ1) is 8.56. The van der Waals surface area contributed by atoms with Crippen LogP contribution in [0.5, 0.6) is 0 Å². The molecule has 0 fully saturated rings. The first-order valence-electron chi connectivity index (χ1n) is 5.90. The fourth-order valence-electron chi connectivity index (χ4n) is 1.92. The van der Waals surface area contributed by atoms with E-state index in [-0.39, 0.29) is 5.91 Å². The summed E-state index contributed by atoms with van der Waals surface area (Å²) in [7, 11) is 1.77. The van der Waals surface area contributed by atoms with E-state index in [0.717, 1.165) is 11.3 Å². The van der Waals surface area contributed by atoms with Crippen LogP contribution in [0.15, 0.2) is 30.3 Å². The van der Waals surface area contributed by atoms with E-state index in [9.17, 15) is 4.79 Å². The Bertz CT molecular complexity index is 572. The molecule has 94 valence electrons. The Labute approximate surface area is 107 Å². The monoisotopic (exact) mass is 243 g/mol. The summed E-state index contributed by atoms with van der Waals surface area (Å²) in [6.07, 6.45) is 0. The first kappa shape index (κ1) is 12.4. The molecule has 0 unspecified atom stereocenters. The van der Waals surface area contributed by atoms with Crippen molar-refractivity contribution in [3.8, 4) is 0 Å². The van der Waals surface area contributed by atoms with Crippen LogP contribution in [-0.4, -0.2) is 15.7 Å². The van der Waals surface area contributed by atoms with Crippen molar-refractivity contribution >= 4 is 5.91 Å². The number of nitrogens with one attached hydrogen (secondary N) is 1. The van der Waals surface area contributed by atoms with Gasteiger partial charge in [0.2, 0.25) is 0 Å². The van der Waals surface area contributed by atoms with E-state index in [4.69, 9.17) is 0 Å². The zero-order chi connectivity index (χ0) is 13.1. The molecule has 2 aromatic rings. The molecule has 18 heavy (non-hydrogen) atoms. The maximum Gasteiger partial charge on any atom is 0.269 e. The lowest BCUT2D eigenvalue weighted by atomic mass is 10.1. The summed E-state index contributed by atoms with van der Waals surface area (Å²) in [6.45, 7) is 4.44. The number of carbonyl (C=O) groups excluding carboxylic acids is 1. The molecular formula is C14H17N3O. The van der Waals surface area contributed by atoms with Gasteiger partial charge < -0.3 is 5.32 Å². The lowest BCUT2D eigenvalue weighted by molar-refractivity contribution is 0.0941. The van der Waals surface area contributed by atoms with Crippen molar-refractivity contribution in [3.63, 3.8) is 0 Å². The van der Waals surface area contributed by atoms with Crippen LogP contribution in [0.2, 0.25) is 0 Å².